The number of hydrogen-bond acceptors (Lipinski definition) is 4. The second-order valence-electron chi connectivity index (χ2n) is 5.08. The summed E-state index contributed by atoms with van der Waals surface area (Å²) < 4.78 is 0. The fraction of sp³-hybridized carbons (Fsp3) is 0.462. The number of halogens is 1. The maximum absolute atomic E-state index is 11.3. The van der Waals surface area contributed by atoms with Crippen molar-refractivity contribution in [2.24, 2.45) is 5.92 Å². The van der Waals surface area contributed by atoms with Crippen molar-refractivity contribution in [3.05, 3.63) is 22.7 Å². The van der Waals surface area contributed by atoms with Crippen LogP contribution < -0.4 is 10.6 Å². The molecule has 1 aromatic carbocycles. The first kappa shape index (κ1) is 14.0. The third kappa shape index (κ3) is 2.93. The normalized spacial score (nSPS) is 21.8. The number of nitrogens with two attached hydrogens (primary N) is 1. The van der Waals surface area contributed by atoms with Crippen LogP contribution in [0.3, 0.4) is 0 Å². The van der Waals surface area contributed by atoms with Crippen molar-refractivity contribution < 1.29 is 15.0 Å². The molecule has 6 heteroatoms. The number of anilines is 2. The van der Waals surface area contributed by atoms with Crippen LogP contribution in [0, 0.1) is 5.92 Å². The Morgan fingerprint density at radius 2 is 2.16 bits per heavy atom. The predicted molar refractivity (Wildman–Crippen MR) is 74.8 cm³/mol. The summed E-state index contributed by atoms with van der Waals surface area (Å²) in [6.07, 6.45) is 1.28. The molecule has 104 valence electrons. The average molecular weight is 285 g/mol. The van der Waals surface area contributed by atoms with Crippen LogP contribution in [0.25, 0.3) is 0 Å². The number of aromatic carboxylic acids is 1. The number of rotatable bonds is 4. The molecule has 0 heterocycles. The van der Waals surface area contributed by atoms with Crippen LogP contribution in [-0.4, -0.2) is 35.9 Å². The number of carbonyl (C=O) groups is 1. The number of benzene rings is 1. The fourth-order valence-corrected chi connectivity index (χ4v) is 2.87. The highest BCUT2D eigenvalue weighted by atomic mass is 35.5. The standard InChI is InChI=1S/C13H17ClN2O3/c1-16(6-7-2-9(17)3-7)12-10(13(18)19)4-8(15)5-11(12)14/h4-5,7,9,17H,2-3,6,15H2,1H3,(H,18,19). The quantitative estimate of drug-likeness (QED) is 0.734. The van der Waals surface area contributed by atoms with Crippen LogP contribution in [0.1, 0.15) is 23.2 Å². The van der Waals surface area contributed by atoms with Crippen molar-refractivity contribution in [2.45, 2.75) is 18.9 Å². The van der Waals surface area contributed by atoms with Crippen LogP contribution in [-0.2, 0) is 0 Å². The molecule has 5 nitrogen and oxygen atoms in total. The third-order valence-corrected chi connectivity index (χ3v) is 3.73. The lowest BCUT2D eigenvalue weighted by Gasteiger charge is -2.35. The summed E-state index contributed by atoms with van der Waals surface area (Å²) in [5, 5.41) is 18.8. The van der Waals surface area contributed by atoms with E-state index in [9.17, 15) is 15.0 Å². The lowest BCUT2D eigenvalue weighted by Crippen LogP contribution is -2.37. The van der Waals surface area contributed by atoms with E-state index in [0.717, 1.165) is 12.8 Å². The number of carboxylic acids is 1. The Morgan fingerprint density at radius 3 is 2.68 bits per heavy atom. The molecule has 19 heavy (non-hydrogen) atoms. The first-order valence-electron chi connectivity index (χ1n) is 6.10. The molecule has 2 rings (SSSR count). The van der Waals surface area contributed by atoms with E-state index in [-0.39, 0.29) is 11.7 Å². The van der Waals surface area contributed by atoms with Gasteiger partial charge >= 0.3 is 5.97 Å². The van der Waals surface area contributed by atoms with Gasteiger partial charge in [-0.25, -0.2) is 4.79 Å². The number of carboxylic acid groups (broad SMARTS) is 1. The monoisotopic (exact) mass is 284 g/mol. The van der Waals surface area contributed by atoms with Crippen molar-refractivity contribution in [1.82, 2.24) is 0 Å². The Kier molecular flexibility index (Phi) is 3.87. The molecule has 0 radical (unpaired) electrons. The fourth-order valence-electron chi connectivity index (χ4n) is 2.50. The SMILES string of the molecule is CN(CC1CC(O)C1)c1c(Cl)cc(N)cc1C(=O)O. The first-order valence-corrected chi connectivity index (χ1v) is 6.47. The van der Waals surface area contributed by atoms with E-state index in [4.69, 9.17) is 17.3 Å². The van der Waals surface area contributed by atoms with E-state index in [1.807, 2.05) is 4.90 Å². The Morgan fingerprint density at radius 1 is 1.53 bits per heavy atom. The van der Waals surface area contributed by atoms with Gasteiger partial charge in [0.15, 0.2) is 0 Å². The Labute approximate surface area is 116 Å². The van der Waals surface area contributed by atoms with Crippen molar-refractivity contribution in [2.75, 3.05) is 24.2 Å². The van der Waals surface area contributed by atoms with Gasteiger partial charge in [-0.2, -0.15) is 0 Å². The summed E-state index contributed by atoms with van der Waals surface area (Å²) in [5.41, 5.74) is 6.54. The lowest BCUT2D eigenvalue weighted by atomic mass is 9.82. The highest BCUT2D eigenvalue weighted by Gasteiger charge is 2.29. The van der Waals surface area contributed by atoms with Crippen LogP contribution in [0.2, 0.25) is 5.02 Å². The molecule has 0 bridgehead atoms. The molecule has 1 aliphatic rings. The highest BCUT2D eigenvalue weighted by Crippen LogP contribution is 2.35. The summed E-state index contributed by atoms with van der Waals surface area (Å²) in [7, 11) is 1.80. The molecule has 0 saturated heterocycles. The van der Waals surface area contributed by atoms with Crippen LogP contribution in [0.5, 0.6) is 0 Å². The zero-order chi connectivity index (χ0) is 14.2. The summed E-state index contributed by atoms with van der Waals surface area (Å²) in [4.78, 5) is 13.1. The van der Waals surface area contributed by atoms with Crippen molar-refractivity contribution >= 4 is 28.9 Å². The summed E-state index contributed by atoms with van der Waals surface area (Å²) >= 11 is 6.11. The highest BCUT2D eigenvalue weighted by molar-refractivity contribution is 6.34. The molecule has 0 aliphatic heterocycles. The van der Waals surface area contributed by atoms with Gasteiger partial charge in [0.25, 0.3) is 0 Å². The van der Waals surface area contributed by atoms with Gasteiger partial charge in [-0.3, -0.25) is 0 Å². The number of aliphatic hydroxyl groups excluding tert-OH is 1. The van der Waals surface area contributed by atoms with E-state index >= 15 is 0 Å². The van der Waals surface area contributed by atoms with E-state index in [2.05, 4.69) is 0 Å². The molecule has 4 N–H and O–H groups in total. The second kappa shape index (κ2) is 5.27. The van der Waals surface area contributed by atoms with Gasteiger partial charge in [0, 0.05) is 19.3 Å². The molecular formula is C13H17ClN2O3. The molecule has 1 saturated carbocycles. The lowest BCUT2D eigenvalue weighted by molar-refractivity contribution is 0.0463. The molecule has 0 aromatic heterocycles. The maximum atomic E-state index is 11.3. The van der Waals surface area contributed by atoms with Gasteiger partial charge < -0.3 is 20.8 Å². The first-order chi connectivity index (χ1) is 8.88. The summed E-state index contributed by atoms with van der Waals surface area (Å²) in [6.45, 7) is 0.668. The Balaban J connectivity index is 2.24. The van der Waals surface area contributed by atoms with E-state index in [1.54, 1.807) is 13.1 Å². The molecule has 0 spiro atoms. The second-order valence-corrected chi connectivity index (χ2v) is 5.48. The van der Waals surface area contributed by atoms with E-state index in [1.165, 1.54) is 6.07 Å². The predicted octanol–water partition coefficient (Wildman–Crippen LogP) is 1.83. The minimum absolute atomic E-state index is 0.104. The van der Waals surface area contributed by atoms with Gasteiger partial charge in [0.05, 0.1) is 22.4 Å². The van der Waals surface area contributed by atoms with Crippen LogP contribution in [0.15, 0.2) is 12.1 Å². The van der Waals surface area contributed by atoms with Gasteiger partial charge in [-0.15, -0.1) is 0 Å². The molecule has 0 unspecified atom stereocenters. The topological polar surface area (TPSA) is 86.8 Å². The zero-order valence-corrected chi connectivity index (χ0v) is 11.4. The van der Waals surface area contributed by atoms with Gasteiger partial charge in [0.2, 0.25) is 0 Å². The maximum Gasteiger partial charge on any atom is 0.337 e. The number of aliphatic hydroxyl groups is 1. The molecule has 1 aromatic rings. The van der Waals surface area contributed by atoms with Crippen molar-refractivity contribution in [3.63, 3.8) is 0 Å². The van der Waals surface area contributed by atoms with Crippen LogP contribution in [0.4, 0.5) is 11.4 Å². The van der Waals surface area contributed by atoms with Gasteiger partial charge in [-0.1, -0.05) is 11.6 Å². The summed E-state index contributed by atoms with van der Waals surface area (Å²) in [6, 6.07) is 2.96. The molecule has 1 fully saturated rings. The Hall–Kier alpha value is -1.46. The smallest absolute Gasteiger partial charge is 0.337 e. The largest absolute Gasteiger partial charge is 0.478 e. The van der Waals surface area contributed by atoms with Gasteiger partial charge in [-0.05, 0) is 30.9 Å². The van der Waals surface area contributed by atoms with Crippen LogP contribution >= 0.6 is 11.6 Å². The molecular weight excluding hydrogens is 268 g/mol. The van der Waals surface area contributed by atoms with E-state index < -0.39 is 5.97 Å². The number of nitrogens with zero attached hydrogens (tertiary/aromatic N) is 1. The summed E-state index contributed by atoms with van der Waals surface area (Å²) in [5.74, 6) is -0.681. The van der Waals surface area contributed by atoms with Crippen molar-refractivity contribution in [1.29, 1.82) is 0 Å². The molecule has 1 aliphatic carbocycles. The van der Waals surface area contributed by atoms with E-state index in [0.29, 0.717) is 28.9 Å². The van der Waals surface area contributed by atoms with Crippen molar-refractivity contribution in [3.8, 4) is 0 Å². The minimum atomic E-state index is -1.05. The Bertz CT molecular complexity index is 501. The molecule has 0 atom stereocenters. The molecule has 0 amide bonds. The number of nitrogen functional groups attached to an aromatic ring is 1. The average Bonchev–Trinajstić information content (AvgIpc) is 2.25. The number of hydrogen-bond donors (Lipinski definition) is 3. The third-order valence-electron chi connectivity index (χ3n) is 3.44. The minimum Gasteiger partial charge on any atom is -0.478 e. The zero-order valence-electron chi connectivity index (χ0n) is 10.6. The van der Waals surface area contributed by atoms with Gasteiger partial charge in [0.1, 0.15) is 0 Å².